The lowest BCUT2D eigenvalue weighted by Crippen LogP contribution is -2.32. The van der Waals surface area contributed by atoms with Gasteiger partial charge < -0.3 is 9.88 Å². The van der Waals surface area contributed by atoms with Crippen LogP contribution >= 0.6 is 11.8 Å². The SMILES string of the molecule is CSCCC(C(=O)NCc1nnc2ccccn12)n1cccc1. The van der Waals surface area contributed by atoms with Crippen molar-refractivity contribution >= 4 is 23.3 Å². The predicted molar refractivity (Wildman–Crippen MR) is 91.3 cm³/mol. The van der Waals surface area contributed by atoms with Crippen LogP contribution in [-0.2, 0) is 11.3 Å². The van der Waals surface area contributed by atoms with Crippen LogP contribution in [0.1, 0.15) is 18.3 Å². The van der Waals surface area contributed by atoms with Crippen LogP contribution in [0.3, 0.4) is 0 Å². The fraction of sp³-hybridized carbons (Fsp3) is 0.312. The molecule has 1 N–H and O–H groups in total. The summed E-state index contributed by atoms with van der Waals surface area (Å²) in [6.45, 7) is 0.362. The van der Waals surface area contributed by atoms with Crippen LogP contribution in [-0.4, -0.2) is 37.1 Å². The number of carbonyl (C=O) groups excluding carboxylic acids is 1. The minimum atomic E-state index is -0.198. The molecule has 0 aromatic carbocycles. The molecule has 0 radical (unpaired) electrons. The zero-order valence-electron chi connectivity index (χ0n) is 12.9. The number of amides is 1. The van der Waals surface area contributed by atoms with Crippen molar-refractivity contribution in [3.63, 3.8) is 0 Å². The van der Waals surface area contributed by atoms with E-state index < -0.39 is 0 Å². The molecule has 1 unspecified atom stereocenters. The van der Waals surface area contributed by atoms with E-state index in [1.807, 2.05) is 64.1 Å². The molecule has 0 fully saturated rings. The molecule has 3 rings (SSSR count). The summed E-state index contributed by atoms with van der Waals surface area (Å²) >= 11 is 1.74. The molecular weight excluding hydrogens is 310 g/mol. The Morgan fingerprint density at radius 3 is 2.78 bits per heavy atom. The smallest absolute Gasteiger partial charge is 0.243 e. The lowest BCUT2D eigenvalue weighted by molar-refractivity contribution is -0.124. The molecule has 0 aliphatic carbocycles. The van der Waals surface area contributed by atoms with Gasteiger partial charge in [-0.15, -0.1) is 10.2 Å². The van der Waals surface area contributed by atoms with Crippen LogP contribution in [0, 0.1) is 0 Å². The molecule has 0 bridgehead atoms. The Labute approximate surface area is 138 Å². The Hall–Kier alpha value is -2.28. The second-order valence-electron chi connectivity index (χ2n) is 5.19. The van der Waals surface area contributed by atoms with Crippen molar-refractivity contribution in [2.75, 3.05) is 12.0 Å². The van der Waals surface area contributed by atoms with E-state index in [0.717, 1.165) is 23.6 Å². The van der Waals surface area contributed by atoms with Crippen LogP contribution in [0.5, 0.6) is 0 Å². The van der Waals surface area contributed by atoms with Crippen molar-refractivity contribution in [1.29, 1.82) is 0 Å². The normalized spacial score (nSPS) is 12.4. The Morgan fingerprint density at radius 1 is 1.22 bits per heavy atom. The minimum absolute atomic E-state index is 0.00271. The van der Waals surface area contributed by atoms with Crippen LogP contribution in [0.15, 0.2) is 48.9 Å². The van der Waals surface area contributed by atoms with Gasteiger partial charge in [0.05, 0.1) is 6.54 Å². The van der Waals surface area contributed by atoms with Gasteiger partial charge in [0.1, 0.15) is 6.04 Å². The summed E-state index contributed by atoms with van der Waals surface area (Å²) in [5.41, 5.74) is 0.779. The molecule has 1 atom stereocenters. The molecule has 120 valence electrons. The van der Waals surface area contributed by atoms with Crippen LogP contribution < -0.4 is 5.32 Å². The minimum Gasteiger partial charge on any atom is -0.347 e. The van der Waals surface area contributed by atoms with Gasteiger partial charge in [0.2, 0.25) is 5.91 Å². The molecule has 1 amide bonds. The number of fused-ring (bicyclic) bond motifs is 1. The van der Waals surface area contributed by atoms with Gasteiger partial charge in [0.15, 0.2) is 11.5 Å². The number of hydrogen-bond donors (Lipinski definition) is 1. The van der Waals surface area contributed by atoms with E-state index in [4.69, 9.17) is 0 Å². The highest BCUT2D eigenvalue weighted by Crippen LogP contribution is 2.15. The maximum Gasteiger partial charge on any atom is 0.243 e. The Balaban J connectivity index is 1.69. The zero-order valence-corrected chi connectivity index (χ0v) is 13.7. The largest absolute Gasteiger partial charge is 0.347 e. The quantitative estimate of drug-likeness (QED) is 0.721. The number of pyridine rings is 1. The number of carbonyl (C=O) groups is 1. The summed E-state index contributed by atoms with van der Waals surface area (Å²) < 4.78 is 3.83. The van der Waals surface area contributed by atoms with Crippen molar-refractivity contribution < 1.29 is 4.79 Å². The summed E-state index contributed by atoms with van der Waals surface area (Å²) in [6, 6.07) is 9.40. The van der Waals surface area contributed by atoms with E-state index >= 15 is 0 Å². The molecule has 0 saturated carbocycles. The molecule has 7 heteroatoms. The van der Waals surface area contributed by atoms with Crippen LogP contribution in [0.4, 0.5) is 0 Å². The summed E-state index contributed by atoms with van der Waals surface area (Å²) in [5.74, 6) is 1.66. The van der Waals surface area contributed by atoms with Crippen molar-refractivity contribution in [2.45, 2.75) is 19.0 Å². The van der Waals surface area contributed by atoms with E-state index in [1.54, 1.807) is 11.8 Å². The number of nitrogens with one attached hydrogen (secondary N) is 1. The van der Waals surface area contributed by atoms with E-state index in [0.29, 0.717) is 6.54 Å². The molecule has 3 aromatic rings. The van der Waals surface area contributed by atoms with Crippen LogP contribution in [0.2, 0.25) is 0 Å². The first-order valence-corrected chi connectivity index (χ1v) is 8.86. The lowest BCUT2D eigenvalue weighted by atomic mass is 10.2. The maximum atomic E-state index is 12.6. The van der Waals surface area contributed by atoms with Crippen LogP contribution in [0.25, 0.3) is 5.65 Å². The first kappa shape index (κ1) is 15.6. The van der Waals surface area contributed by atoms with Gasteiger partial charge in [-0.1, -0.05) is 6.07 Å². The van der Waals surface area contributed by atoms with Gasteiger partial charge in [0.25, 0.3) is 0 Å². The van der Waals surface area contributed by atoms with Crippen molar-refractivity contribution in [1.82, 2.24) is 24.5 Å². The highest BCUT2D eigenvalue weighted by Gasteiger charge is 2.19. The standard InChI is InChI=1S/C16H19N5OS/c1-23-11-7-13(20-8-4-5-9-20)16(22)17-12-15-19-18-14-6-2-3-10-21(14)15/h2-6,8-10,13H,7,11-12H2,1H3,(H,17,22). The van der Waals surface area contributed by atoms with E-state index in [9.17, 15) is 4.79 Å². The van der Waals surface area contributed by atoms with Gasteiger partial charge >= 0.3 is 0 Å². The fourth-order valence-corrected chi connectivity index (χ4v) is 2.96. The highest BCUT2D eigenvalue weighted by atomic mass is 32.2. The molecule has 0 aliphatic heterocycles. The maximum absolute atomic E-state index is 12.6. The number of thioether (sulfide) groups is 1. The third-order valence-electron chi connectivity index (χ3n) is 3.69. The average molecular weight is 329 g/mol. The number of hydrogen-bond acceptors (Lipinski definition) is 4. The topological polar surface area (TPSA) is 64.2 Å². The molecule has 3 heterocycles. The molecule has 0 saturated heterocycles. The van der Waals surface area contributed by atoms with Gasteiger partial charge in [-0.2, -0.15) is 11.8 Å². The van der Waals surface area contributed by atoms with E-state index in [2.05, 4.69) is 15.5 Å². The van der Waals surface area contributed by atoms with Crippen molar-refractivity contribution in [3.8, 4) is 0 Å². The molecule has 23 heavy (non-hydrogen) atoms. The monoisotopic (exact) mass is 329 g/mol. The molecule has 6 nitrogen and oxygen atoms in total. The molecule has 3 aromatic heterocycles. The van der Waals surface area contributed by atoms with Crippen molar-refractivity contribution in [2.24, 2.45) is 0 Å². The highest BCUT2D eigenvalue weighted by molar-refractivity contribution is 7.98. The van der Waals surface area contributed by atoms with Gasteiger partial charge in [-0.05, 0) is 42.7 Å². The van der Waals surface area contributed by atoms with Crippen molar-refractivity contribution in [3.05, 3.63) is 54.7 Å². The summed E-state index contributed by atoms with van der Waals surface area (Å²) in [6.07, 6.45) is 8.59. The second kappa shape index (κ2) is 7.32. The average Bonchev–Trinajstić information content (AvgIpc) is 3.23. The molecule has 0 spiro atoms. The zero-order chi connectivity index (χ0) is 16.1. The number of nitrogens with zero attached hydrogens (tertiary/aromatic N) is 4. The molecule has 0 aliphatic rings. The summed E-state index contributed by atoms with van der Waals surface area (Å²) in [5, 5.41) is 11.2. The summed E-state index contributed by atoms with van der Waals surface area (Å²) in [7, 11) is 0. The third kappa shape index (κ3) is 3.56. The molecular formula is C16H19N5OS. The van der Waals surface area contributed by atoms with Gasteiger partial charge in [-0.3, -0.25) is 9.20 Å². The number of rotatable bonds is 7. The predicted octanol–water partition coefficient (Wildman–Crippen LogP) is 2.14. The number of aromatic nitrogens is 4. The lowest BCUT2D eigenvalue weighted by Gasteiger charge is -2.18. The Bertz CT molecular complexity index is 768. The Kier molecular flexibility index (Phi) is 4.97. The van der Waals surface area contributed by atoms with Gasteiger partial charge in [-0.25, -0.2) is 0 Å². The van der Waals surface area contributed by atoms with E-state index in [1.165, 1.54) is 0 Å². The second-order valence-corrected chi connectivity index (χ2v) is 6.18. The van der Waals surface area contributed by atoms with Gasteiger partial charge in [0, 0.05) is 18.6 Å². The third-order valence-corrected chi connectivity index (χ3v) is 4.33. The first-order valence-electron chi connectivity index (χ1n) is 7.47. The fourth-order valence-electron chi connectivity index (χ4n) is 2.50. The summed E-state index contributed by atoms with van der Waals surface area (Å²) in [4.78, 5) is 12.6. The van der Waals surface area contributed by atoms with E-state index in [-0.39, 0.29) is 11.9 Å². The first-order chi connectivity index (χ1) is 11.3. The Morgan fingerprint density at radius 2 is 2.00 bits per heavy atom.